The summed E-state index contributed by atoms with van der Waals surface area (Å²) >= 11 is 0. The average Bonchev–Trinajstić information content (AvgIpc) is 0. The van der Waals surface area contributed by atoms with Crippen LogP contribution >= 0.6 is 0 Å². The minimum absolute atomic E-state index is 0. The van der Waals surface area contributed by atoms with Gasteiger partial charge in [-0.3, -0.25) is 0 Å². The molecule has 0 fully saturated rings. The first kappa shape index (κ1) is 156. The molecule has 0 aromatic rings. The summed E-state index contributed by atoms with van der Waals surface area (Å²) in [5.74, 6) is 0. The Morgan fingerprint density at radius 3 is 0.444 bits per heavy atom. The second kappa shape index (κ2) is 118. The average molecular weight is 376 g/mol. The zero-order valence-corrected chi connectivity index (χ0v) is 14.0. The molecule has 0 aromatic carbocycles. The largest absolute Gasteiger partial charge is 2.00 e. The molecule has 0 heterocycles. The molecule has 0 amide bonds. The van der Waals surface area contributed by atoms with Crippen LogP contribution in [-0.4, -0.2) is 0 Å². The Hall–Kier alpha value is 3.08. The van der Waals surface area contributed by atoms with Gasteiger partial charge in [0.15, 0.2) is 0 Å². The van der Waals surface area contributed by atoms with Gasteiger partial charge < -0.3 is 32.9 Å². The summed E-state index contributed by atoms with van der Waals surface area (Å²) < 4.78 is 0. The summed E-state index contributed by atoms with van der Waals surface area (Å²) in [5.41, 5.74) is 0. The Morgan fingerprint density at radius 2 is 0.444 bits per heavy atom. The standard InChI is InChI=1S/Cs.Mo.6O.V/q+1;;6*-2;. The first-order valence-electron chi connectivity index (χ1n) is 0. The molecule has 59 valence electrons. The molecule has 0 saturated carbocycles. The first-order valence-corrected chi connectivity index (χ1v) is 0. The van der Waals surface area contributed by atoms with Crippen molar-refractivity contribution in [1.29, 1.82) is 0 Å². The second-order valence-electron chi connectivity index (χ2n) is 0. The summed E-state index contributed by atoms with van der Waals surface area (Å²) in [5, 5.41) is 0. The van der Waals surface area contributed by atoms with Crippen molar-refractivity contribution in [3.8, 4) is 0 Å². The van der Waals surface area contributed by atoms with E-state index in [0.717, 1.165) is 0 Å². The van der Waals surface area contributed by atoms with Crippen LogP contribution in [0.2, 0.25) is 0 Å². The zero-order chi connectivity index (χ0) is 0. The van der Waals surface area contributed by atoms with Crippen LogP contribution in [0.4, 0.5) is 0 Å². The van der Waals surface area contributed by atoms with Crippen molar-refractivity contribution in [2.45, 2.75) is 0 Å². The van der Waals surface area contributed by atoms with Crippen LogP contribution in [0, 0.1) is 0 Å². The fourth-order valence-corrected chi connectivity index (χ4v) is 0. The SMILES string of the molecule is [Cs+].[Mo].[O-2].[O-2].[O-2].[O-2].[O-2].[O-2].[V]. The van der Waals surface area contributed by atoms with E-state index in [2.05, 4.69) is 0 Å². The van der Waals surface area contributed by atoms with Crippen LogP contribution in [0.3, 0.4) is 0 Å². The Morgan fingerprint density at radius 1 is 0.444 bits per heavy atom. The third-order valence-corrected chi connectivity index (χ3v) is 0. The van der Waals surface area contributed by atoms with Gasteiger partial charge >= 0.3 is 68.9 Å². The topological polar surface area (TPSA) is 171 Å². The molecule has 9 heteroatoms. The van der Waals surface area contributed by atoms with Crippen molar-refractivity contribution in [2.24, 2.45) is 0 Å². The van der Waals surface area contributed by atoms with Gasteiger partial charge in [-0.05, 0) is 0 Å². The molecular weight excluding hydrogens is 376 g/mol. The molecule has 0 N–H and O–H groups in total. The van der Waals surface area contributed by atoms with Gasteiger partial charge in [-0.1, -0.05) is 0 Å². The van der Waals surface area contributed by atoms with Gasteiger partial charge in [0.05, 0.1) is 0 Å². The summed E-state index contributed by atoms with van der Waals surface area (Å²) in [6.45, 7) is 0. The number of hydrogen-bond acceptors (Lipinski definition) is 0. The van der Waals surface area contributed by atoms with Gasteiger partial charge in [0, 0.05) is 39.6 Å². The van der Waals surface area contributed by atoms with E-state index in [4.69, 9.17) is 0 Å². The van der Waals surface area contributed by atoms with Gasteiger partial charge in [-0.25, -0.2) is 0 Å². The van der Waals surface area contributed by atoms with E-state index in [0.29, 0.717) is 0 Å². The van der Waals surface area contributed by atoms with Crippen LogP contribution in [-0.2, 0) is 72.5 Å². The Bertz CT molecular complexity index is 13.0. The summed E-state index contributed by atoms with van der Waals surface area (Å²) in [6.07, 6.45) is 0. The molecule has 0 saturated heterocycles. The van der Waals surface area contributed by atoms with Gasteiger partial charge in [0.1, 0.15) is 0 Å². The Kier molecular flexibility index (Phi) is 2050. The monoisotopic (exact) mass is 378 g/mol. The predicted molar refractivity (Wildman–Crippen MR) is 4.12 cm³/mol. The fraction of sp³-hybridized carbons (Fsp3) is 0. The van der Waals surface area contributed by atoms with Gasteiger partial charge in [-0.2, -0.15) is 0 Å². The van der Waals surface area contributed by atoms with Crippen molar-refractivity contribution in [3.05, 3.63) is 0 Å². The number of hydrogen-bond donors (Lipinski definition) is 0. The van der Waals surface area contributed by atoms with Gasteiger partial charge in [0.25, 0.3) is 0 Å². The van der Waals surface area contributed by atoms with Crippen molar-refractivity contribution in [2.75, 3.05) is 0 Å². The maximum atomic E-state index is 0. The molecule has 0 aliphatic heterocycles. The van der Waals surface area contributed by atoms with E-state index in [1.807, 2.05) is 0 Å². The molecule has 9 heavy (non-hydrogen) atoms. The fourth-order valence-electron chi connectivity index (χ4n) is 0. The molecule has 6 nitrogen and oxygen atoms in total. The van der Waals surface area contributed by atoms with E-state index < -0.39 is 0 Å². The minimum atomic E-state index is 0. The van der Waals surface area contributed by atoms with Crippen molar-refractivity contribution in [3.63, 3.8) is 0 Å². The second-order valence-corrected chi connectivity index (χ2v) is 0. The maximum Gasteiger partial charge on any atom is 1.00 e. The van der Waals surface area contributed by atoms with Crippen LogP contribution in [0.1, 0.15) is 0 Å². The van der Waals surface area contributed by atoms with Gasteiger partial charge in [0.2, 0.25) is 0 Å². The van der Waals surface area contributed by atoms with Crippen molar-refractivity contribution in [1.82, 2.24) is 0 Å². The Labute approximate surface area is 138 Å². The maximum absolute atomic E-state index is 0. The van der Waals surface area contributed by atoms with E-state index >= 15 is 0 Å². The summed E-state index contributed by atoms with van der Waals surface area (Å²) in [7, 11) is 0. The smallest absolute Gasteiger partial charge is 1.00 e. The van der Waals surface area contributed by atoms with Crippen LogP contribution < -0.4 is 68.9 Å². The molecule has 0 aliphatic rings. The molecule has 0 aromatic heterocycles. The van der Waals surface area contributed by atoms with Gasteiger partial charge in [-0.15, -0.1) is 0 Å². The van der Waals surface area contributed by atoms with E-state index in [-0.39, 0.29) is 141 Å². The molecular formula is CsMoO6V-11. The third-order valence-electron chi connectivity index (χ3n) is 0. The predicted octanol–water partition coefficient (Wildman–Crippen LogP) is -3.71. The van der Waals surface area contributed by atoms with Crippen molar-refractivity contribution < 1.29 is 141 Å². The molecule has 0 rings (SSSR count). The van der Waals surface area contributed by atoms with Crippen LogP contribution in [0.15, 0.2) is 0 Å². The minimum Gasteiger partial charge on any atom is -2.00 e. The zero-order valence-electron chi connectivity index (χ0n) is 4.30. The first-order chi connectivity index (χ1) is 0. The molecule has 0 aliphatic carbocycles. The van der Waals surface area contributed by atoms with E-state index in [9.17, 15) is 0 Å². The normalized spacial score (nSPS) is 0. The number of rotatable bonds is 0. The molecule has 0 atom stereocenters. The summed E-state index contributed by atoms with van der Waals surface area (Å²) in [6, 6.07) is 0. The molecule has 0 bridgehead atoms. The summed E-state index contributed by atoms with van der Waals surface area (Å²) in [4.78, 5) is 0. The quantitative estimate of drug-likeness (QED) is 0.379. The van der Waals surface area contributed by atoms with Crippen molar-refractivity contribution >= 4 is 0 Å². The van der Waals surface area contributed by atoms with Crippen LogP contribution in [0.5, 0.6) is 0 Å². The van der Waals surface area contributed by atoms with E-state index in [1.165, 1.54) is 0 Å². The third kappa shape index (κ3) is 96.1. The molecule has 0 spiro atoms. The molecule has 1 radical (unpaired) electrons. The van der Waals surface area contributed by atoms with E-state index in [1.54, 1.807) is 0 Å². The molecule has 0 unspecified atom stereocenters. The Balaban J connectivity index is 0. The van der Waals surface area contributed by atoms with Crippen LogP contribution in [0.25, 0.3) is 0 Å².